The summed E-state index contributed by atoms with van der Waals surface area (Å²) in [7, 11) is 0. The molecule has 1 saturated carbocycles. The summed E-state index contributed by atoms with van der Waals surface area (Å²) in [5.74, 6) is 0.856. The number of nitrogens with one attached hydrogen (secondary N) is 1. The molecule has 0 heterocycles. The fourth-order valence-corrected chi connectivity index (χ4v) is 3.20. The summed E-state index contributed by atoms with van der Waals surface area (Å²) in [6.07, 6.45) is 3.76. The van der Waals surface area contributed by atoms with Gasteiger partial charge in [0.15, 0.2) is 0 Å². The molecule has 0 spiro atoms. The molecule has 0 bridgehead atoms. The van der Waals surface area contributed by atoms with Crippen molar-refractivity contribution in [2.45, 2.75) is 24.3 Å². The highest BCUT2D eigenvalue weighted by atomic mass is 32.2. The standard InChI is InChI=1S/C19H21NO3S/c1-24-17-8-4-14(5-9-17)12-23-16-6-2-13(3-7-16)10-15-11-18(15)19(21)20-22/h2-9,15,18,22H,10-12H2,1H3,(H,20,21)/t15-,18+/m1/s1. The monoisotopic (exact) mass is 343 g/mol. The van der Waals surface area contributed by atoms with E-state index >= 15 is 0 Å². The van der Waals surface area contributed by atoms with E-state index in [1.54, 1.807) is 17.2 Å². The summed E-state index contributed by atoms with van der Waals surface area (Å²) in [5.41, 5.74) is 4.06. The number of hydrogen-bond acceptors (Lipinski definition) is 4. The summed E-state index contributed by atoms with van der Waals surface area (Å²) in [5, 5.41) is 8.63. The predicted octanol–water partition coefficient (Wildman–Crippen LogP) is 3.67. The van der Waals surface area contributed by atoms with E-state index in [2.05, 4.69) is 30.5 Å². The van der Waals surface area contributed by atoms with Gasteiger partial charge in [0, 0.05) is 10.8 Å². The Morgan fingerprint density at radius 1 is 1.17 bits per heavy atom. The van der Waals surface area contributed by atoms with E-state index in [0.717, 1.165) is 24.2 Å². The van der Waals surface area contributed by atoms with Crippen LogP contribution in [0.2, 0.25) is 0 Å². The first-order chi connectivity index (χ1) is 11.7. The van der Waals surface area contributed by atoms with Crippen LogP contribution in [-0.2, 0) is 17.8 Å². The summed E-state index contributed by atoms with van der Waals surface area (Å²) in [6.45, 7) is 0.551. The Balaban J connectivity index is 1.48. The highest BCUT2D eigenvalue weighted by Crippen LogP contribution is 2.41. The zero-order chi connectivity index (χ0) is 16.9. The maximum atomic E-state index is 11.3. The van der Waals surface area contributed by atoms with Gasteiger partial charge in [-0.1, -0.05) is 24.3 Å². The molecule has 0 radical (unpaired) electrons. The molecule has 2 aromatic rings. The normalized spacial score (nSPS) is 18.9. The van der Waals surface area contributed by atoms with Gasteiger partial charge in [0.25, 0.3) is 0 Å². The van der Waals surface area contributed by atoms with Gasteiger partial charge in [0.1, 0.15) is 12.4 Å². The van der Waals surface area contributed by atoms with Crippen LogP contribution >= 0.6 is 11.8 Å². The number of amides is 1. The van der Waals surface area contributed by atoms with Crippen molar-refractivity contribution < 1.29 is 14.7 Å². The first kappa shape index (κ1) is 16.9. The summed E-state index contributed by atoms with van der Waals surface area (Å²) < 4.78 is 5.81. The van der Waals surface area contributed by atoms with Crippen molar-refractivity contribution in [2.24, 2.45) is 11.8 Å². The molecule has 0 unspecified atom stereocenters. The van der Waals surface area contributed by atoms with Crippen molar-refractivity contribution >= 4 is 17.7 Å². The average Bonchev–Trinajstić information content (AvgIpc) is 3.40. The molecule has 2 N–H and O–H groups in total. The van der Waals surface area contributed by atoms with Crippen LogP contribution in [0, 0.1) is 11.8 Å². The molecule has 0 saturated heterocycles. The Hall–Kier alpha value is -1.98. The van der Waals surface area contributed by atoms with Gasteiger partial charge >= 0.3 is 0 Å². The lowest BCUT2D eigenvalue weighted by molar-refractivity contribution is -0.130. The SMILES string of the molecule is CSc1ccc(COc2ccc(C[C@@H]3C[C@@H]3C(=O)NO)cc2)cc1. The second-order valence-electron chi connectivity index (χ2n) is 6.06. The molecule has 2 atom stereocenters. The van der Waals surface area contributed by atoms with Crippen molar-refractivity contribution in [1.29, 1.82) is 0 Å². The lowest BCUT2D eigenvalue weighted by Gasteiger charge is -2.08. The molecule has 1 fully saturated rings. The summed E-state index contributed by atoms with van der Waals surface area (Å²) >= 11 is 1.73. The van der Waals surface area contributed by atoms with Crippen molar-refractivity contribution in [3.8, 4) is 5.75 Å². The molecular weight excluding hydrogens is 322 g/mol. The van der Waals surface area contributed by atoms with E-state index in [9.17, 15) is 4.79 Å². The quantitative estimate of drug-likeness (QED) is 0.457. The zero-order valence-electron chi connectivity index (χ0n) is 13.6. The van der Waals surface area contributed by atoms with E-state index in [1.165, 1.54) is 10.5 Å². The van der Waals surface area contributed by atoms with Crippen LogP contribution in [0.3, 0.4) is 0 Å². The third-order valence-electron chi connectivity index (χ3n) is 4.36. The summed E-state index contributed by atoms with van der Waals surface area (Å²) in [6, 6.07) is 16.4. The Kier molecular flexibility index (Phi) is 5.43. The number of carbonyl (C=O) groups is 1. The molecule has 5 heteroatoms. The van der Waals surface area contributed by atoms with Crippen molar-refractivity contribution in [3.63, 3.8) is 0 Å². The molecule has 2 aromatic carbocycles. The molecular formula is C19H21NO3S. The minimum atomic E-state index is -0.271. The van der Waals surface area contributed by atoms with E-state index in [4.69, 9.17) is 9.94 Å². The third kappa shape index (κ3) is 4.30. The van der Waals surface area contributed by atoms with Crippen LogP contribution in [0.1, 0.15) is 17.5 Å². The fourth-order valence-electron chi connectivity index (χ4n) is 2.79. The maximum Gasteiger partial charge on any atom is 0.246 e. The van der Waals surface area contributed by atoms with Gasteiger partial charge in [0.2, 0.25) is 5.91 Å². The highest BCUT2D eigenvalue weighted by molar-refractivity contribution is 7.98. The molecule has 1 amide bonds. The van der Waals surface area contributed by atoms with Crippen molar-refractivity contribution in [2.75, 3.05) is 6.26 Å². The van der Waals surface area contributed by atoms with E-state index in [-0.39, 0.29) is 11.8 Å². The Morgan fingerprint density at radius 3 is 2.46 bits per heavy atom. The summed E-state index contributed by atoms with van der Waals surface area (Å²) in [4.78, 5) is 12.6. The second kappa shape index (κ2) is 7.73. The molecule has 0 aliphatic heterocycles. The van der Waals surface area contributed by atoms with Crippen molar-refractivity contribution in [1.82, 2.24) is 5.48 Å². The lowest BCUT2D eigenvalue weighted by Crippen LogP contribution is -2.21. The number of benzene rings is 2. The van der Waals surface area contributed by atoms with E-state index in [0.29, 0.717) is 12.5 Å². The Morgan fingerprint density at radius 2 is 1.83 bits per heavy atom. The van der Waals surface area contributed by atoms with Crippen LogP contribution in [-0.4, -0.2) is 17.4 Å². The largest absolute Gasteiger partial charge is 0.489 e. The van der Waals surface area contributed by atoms with Crippen LogP contribution in [0.15, 0.2) is 53.4 Å². The van der Waals surface area contributed by atoms with Gasteiger partial charge in [-0.3, -0.25) is 10.0 Å². The Bertz CT molecular complexity index is 685. The van der Waals surface area contributed by atoms with Gasteiger partial charge in [-0.2, -0.15) is 0 Å². The molecule has 4 nitrogen and oxygen atoms in total. The maximum absolute atomic E-state index is 11.3. The van der Waals surface area contributed by atoms with Gasteiger partial charge in [-0.25, -0.2) is 5.48 Å². The highest BCUT2D eigenvalue weighted by Gasteiger charge is 2.42. The van der Waals surface area contributed by atoms with Gasteiger partial charge in [0.05, 0.1) is 0 Å². The second-order valence-corrected chi connectivity index (χ2v) is 6.94. The Labute approximate surface area is 146 Å². The molecule has 0 aromatic heterocycles. The molecule has 3 rings (SSSR count). The van der Waals surface area contributed by atoms with Crippen LogP contribution in [0.25, 0.3) is 0 Å². The minimum absolute atomic E-state index is 0.0461. The average molecular weight is 343 g/mol. The molecule has 1 aliphatic carbocycles. The third-order valence-corrected chi connectivity index (χ3v) is 5.10. The number of thioether (sulfide) groups is 1. The minimum Gasteiger partial charge on any atom is -0.489 e. The van der Waals surface area contributed by atoms with Crippen LogP contribution in [0.4, 0.5) is 0 Å². The van der Waals surface area contributed by atoms with Gasteiger partial charge in [-0.05, 0) is 60.4 Å². The number of ether oxygens (including phenoxy) is 1. The van der Waals surface area contributed by atoms with Crippen LogP contribution < -0.4 is 10.2 Å². The topological polar surface area (TPSA) is 58.6 Å². The van der Waals surface area contributed by atoms with Gasteiger partial charge in [-0.15, -0.1) is 11.8 Å². The fraction of sp³-hybridized carbons (Fsp3) is 0.316. The molecule has 1 aliphatic rings. The molecule has 126 valence electrons. The predicted molar refractivity (Wildman–Crippen MR) is 94.2 cm³/mol. The van der Waals surface area contributed by atoms with E-state index in [1.807, 2.05) is 24.3 Å². The molecule has 24 heavy (non-hydrogen) atoms. The number of carbonyl (C=O) groups excluding carboxylic acids is 1. The zero-order valence-corrected chi connectivity index (χ0v) is 14.4. The smallest absolute Gasteiger partial charge is 0.246 e. The lowest BCUT2D eigenvalue weighted by atomic mass is 10.1. The van der Waals surface area contributed by atoms with E-state index < -0.39 is 0 Å². The van der Waals surface area contributed by atoms with Crippen LogP contribution in [0.5, 0.6) is 5.75 Å². The van der Waals surface area contributed by atoms with Crippen molar-refractivity contribution in [3.05, 3.63) is 59.7 Å². The number of rotatable bonds is 7. The first-order valence-electron chi connectivity index (χ1n) is 7.98. The first-order valence-corrected chi connectivity index (χ1v) is 9.20. The number of hydroxylamine groups is 1. The van der Waals surface area contributed by atoms with Gasteiger partial charge < -0.3 is 4.74 Å². The number of hydrogen-bond donors (Lipinski definition) is 2.